The van der Waals surface area contributed by atoms with Crippen LogP contribution in [0.2, 0.25) is 0 Å². The maximum atomic E-state index is 12.1. The molecule has 0 saturated heterocycles. The minimum atomic E-state index is -0.200. The maximum Gasteiger partial charge on any atom is 0.255 e. The first kappa shape index (κ1) is 12.5. The Morgan fingerprint density at radius 1 is 1.20 bits per heavy atom. The highest BCUT2D eigenvalue weighted by Gasteiger charge is 2.24. The second kappa shape index (κ2) is 5.25. The second-order valence-corrected chi connectivity index (χ2v) is 4.59. The molecule has 1 amide bonds. The Morgan fingerprint density at radius 3 is 2.75 bits per heavy atom. The van der Waals surface area contributed by atoms with Crippen LogP contribution in [0, 0.1) is 0 Å². The zero-order chi connectivity index (χ0) is 13.9. The maximum absolute atomic E-state index is 12.1. The number of carbonyl (C=O) groups excluding carboxylic acids is 1. The standard InChI is InChI=1S/C16H15NO3/c1-19-12-7-8-13-14(9-12)20-15(10-17-16(13)18)11-5-3-2-4-6-11/h2-9,15H,10H2,1H3,(H,17,18)/t15-/m1/s1. The number of nitrogens with one attached hydrogen (secondary N) is 1. The van der Waals surface area contributed by atoms with Gasteiger partial charge in [-0.1, -0.05) is 30.3 Å². The monoisotopic (exact) mass is 269 g/mol. The Bertz CT molecular complexity index is 625. The predicted molar refractivity (Wildman–Crippen MR) is 75.1 cm³/mol. The van der Waals surface area contributed by atoms with E-state index in [1.165, 1.54) is 0 Å². The van der Waals surface area contributed by atoms with Gasteiger partial charge in [-0.05, 0) is 17.7 Å². The summed E-state index contributed by atoms with van der Waals surface area (Å²) in [6, 6.07) is 15.1. The van der Waals surface area contributed by atoms with Crippen molar-refractivity contribution in [2.75, 3.05) is 13.7 Å². The van der Waals surface area contributed by atoms with Gasteiger partial charge in [-0.3, -0.25) is 4.79 Å². The lowest BCUT2D eigenvalue weighted by Crippen LogP contribution is -2.26. The van der Waals surface area contributed by atoms with Crippen LogP contribution in [-0.4, -0.2) is 19.6 Å². The lowest BCUT2D eigenvalue weighted by atomic mass is 10.1. The predicted octanol–water partition coefficient (Wildman–Crippen LogP) is 2.56. The number of rotatable bonds is 2. The molecule has 0 aliphatic carbocycles. The average molecular weight is 269 g/mol. The van der Waals surface area contributed by atoms with Gasteiger partial charge in [0.15, 0.2) is 0 Å². The van der Waals surface area contributed by atoms with E-state index in [4.69, 9.17) is 9.47 Å². The quantitative estimate of drug-likeness (QED) is 0.911. The van der Waals surface area contributed by atoms with E-state index in [9.17, 15) is 4.79 Å². The molecule has 1 aliphatic rings. The first-order chi connectivity index (χ1) is 9.78. The van der Waals surface area contributed by atoms with E-state index >= 15 is 0 Å². The summed E-state index contributed by atoms with van der Waals surface area (Å²) in [6.07, 6.45) is -0.200. The Kier molecular flexibility index (Phi) is 3.29. The van der Waals surface area contributed by atoms with Gasteiger partial charge in [-0.25, -0.2) is 0 Å². The van der Waals surface area contributed by atoms with Crippen LogP contribution >= 0.6 is 0 Å². The van der Waals surface area contributed by atoms with E-state index in [1.54, 1.807) is 25.3 Å². The normalized spacial score (nSPS) is 17.4. The van der Waals surface area contributed by atoms with Gasteiger partial charge in [0, 0.05) is 6.07 Å². The van der Waals surface area contributed by atoms with Crippen molar-refractivity contribution in [1.29, 1.82) is 0 Å². The fourth-order valence-electron chi connectivity index (χ4n) is 2.24. The van der Waals surface area contributed by atoms with Gasteiger partial charge in [0.05, 0.1) is 19.2 Å². The number of ether oxygens (including phenoxy) is 2. The summed E-state index contributed by atoms with van der Waals surface area (Å²) in [5.41, 5.74) is 1.56. The third-order valence-corrected chi connectivity index (χ3v) is 3.32. The van der Waals surface area contributed by atoms with Crippen LogP contribution in [0.25, 0.3) is 0 Å². The zero-order valence-electron chi connectivity index (χ0n) is 11.1. The van der Waals surface area contributed by atoms with Crippen molar-refractivity contribution in [3.63, 3.8) is 0 Å². The highest BCUT2D eigenvalue weighted by atomic mass is 16.5. The van der Waals surface area contributed by atoms with Crippen LogP contribution in [-0.2, 0) is 0 Å². The summed E-state index contributed by atoms with van der Waals surface area (Å²) < 4.78 is 11.2. The van der Waals surface area contributed by atoms with Crippen LogP contribution in [0.15, 0.2) is 48.5 Å². The topological polar surface area (TPSA) is 47.6 Å². The van der Waals surface area contributed by atoms with Gasteiger partial charge >= 0.3 is 0 Å². The van der Waals surface area contributed by atoms with E-state index < -0.39 is 0 Å². The summed E-state index contributed by atoms with van der Waals surface area (Å²) in [5, 5.41) is 2.88. The molecule has 0 spiro atoms. The minimum absolute atomic E-state index is 0.124. The molecular weight excluding hydrogens is 254 g/mol. The molecule has 1 heterocycles. The van der Waals surface area contributed by atoms with E-state index in [0.29, 0.717) is 23.6 Å². The molecule has 3 rings (SSSR count). The largest absolute Gasteiger partial charge is 0.497 e. The first-order valence-corrected chi connectivity index (χ1v) is 6.46. The lowest BCUT2D eigenvalue weighted by molar-refractivity contribution is 0.0951. The van der Waals surface area contributed by atoms with Crippen LogP contribution in [0.4, 0.5) is 0 Å². The molecule has 2 aromatic rings. The number of methoxy groups -OCH3 is 1. The fourth-order valence-corrected chi connectivity index (χ4v) is 2.24. The van der Waals surface area contributed by atoms with E-state index in [1.807, 2.05) is 30.3 Å². The van der Waals surface area contributed by atoms with Gasteiger partial charge in [-0.15, -0.1) is 0 Å². The summed E-state index contributed by atoms with van der Waals surface area (Å²) >= 11 is 0. The van der Waals surface area contributed by atoms with Gasteiger partial charge < -0.3 is 14.8 Å². The summed E-state index contributed by atoms with van der Waals surface area (Å²) in [5.74, 6) is 1.10. The SMILES string of the molecule is COc1ccc2c(c1)O[C@@H](c1ccccc1)CNC2=O. The Labute approximate surface area is 117 Å². The van der Waals surface area contributed by atoms with Crippen LogP contribution in [0.1, 0.15) is 22.0 Å². The molecule has 0 saturated carbocycles. The van der Waals surface area contributed by atoms with Crippen molar-refractivity contribution in [3.8, 4) is 11.5 Å². The fraction of sp³-hybridized carbons (Fsp3) is 0.188. The molecule has 4 nitrogen and oxygen atoms in total. The third-order valence-electron chi connectivity index (χ3n) is 3.32. The van der Waals surface area contributed by atoms with E-state index in [0.717, 1.165) is 5.56 Å². The molecule has 0 bridgehead atoms. The molecule has 0 fully saturated rings. The number of benzene rings is 2. The number of fused-ring (bicyclic) bond motifs is 1. The van der Waals surface area contributed by atoms with Gasteiger partial charge in [0.1, 0.15) is 17.6 Å². The van der Waals surface area contributed by atoms with Crippen LogP contribution in [0.3, 0.4) is 0 Å². The summed E-state index contributed by atoms with van der Waals surface area (Å²) in [4.78, 5) is 12.1. The van der Waals surface area contributed by atoms with Crippen molar-refractivity contribution >= 4 is 5.91 Å². The van der Waals surface area contributed by atoms with Crippen molar-refractivity contribution in [2.45, 2.75) is 6.10 Å². The third kappa shape index (κ3) is 2.32. The molecule has 1 atom stereocenters. The lowest BCUT2D eigenvalue weighted by Gasteiger charge is -2.17. The number of hydrogen-bond donors (Lipinski definition) is 1. The minimum Gasteiger partial charge on any atom is -0.497 e. The molecule has 1 aliphatic heterocycles. The Morgan fingerprint density at radius 2 is 2.00 bits per heavy atom. The van der Waals surface area contributed by atoms with Gasteiger partial charge in [0.25, 0.3) is 5.91 Å². The Hall–Kier alpha value is -2.49. The first-order valence-electron chi connectivity index (χ1n) is 6.46. The average Bonchev–Trinajstić information content (AvgIpc) is 2.67. The molecule has 0 unspecified atom stereocenters. The molecule has 0 aromatic heterocycles. The molecule has 1 N–H and O–H groups in total. The van der Waals surface area contributed by atoms with Crippen molar-refractivity contribution in [1.82, 2.24) is 5.32 Å². The highest BCUT2D eigenvalue weighted by molar-refractivity contribution is 5.97. The molecule has 2 aromatic carbocycles. The molecule has 20 heavy (non-hydrogen) atoms. The molecule has 102 valence electrons. The number of amides is 1. The van der Waals surface area contributed by atoms with Gasteiger partial charge in [0.2, 0.25) is 0 Å². The Balaban J connectivity index is 1.98. The number of carbonyl (C=O) groups is 1. The second-order valence-electron chi connectivity index (χ2n) is 4.59. The molecular formula is C16H15NO3. The van der Waals surface area contributed by atoms with Crippen LogP contribution in [0.5, 0.6) is 11.5 Å². The van der Waals surface area contributed by atoms with Crippen LogP contribution < -0.4 is 14.8 Å². The van der Waals surface area contributed by atoms with Crippen molar-refractivity contribution in [2.24, 2.45) is 0 Å². The van der Waals surface area contributed by atoms with Crippen molar-refractivity contribution < 1.29 is 14.3 Å². The summed E-state index contributed by atoms with van der Waals surface area (Å²) in [7, 11) is 1.59. The molecule has 4 heteroatoms. The number of hydrogen-bond acceptors (Lipinski definition) is 3. The van der Waals surface area contributed by atoms with E-state index in [-0.39, 0.29) is 12.0 Å². The van der Waals surface area contributed by atoms with Gasteiger partial charge in [-0.2, -0.15) is 0 Å². The summed E-state index contributed by atoms with van der Waals surface area (Å²) in [6.45, 7) is 0.444. The smallest absolute Gasteiger partial charge is 0.255 e. The van der Waals surface area contributed by atoms with E-state index in [2.05, 4.69) is 5.32 Å². The highest BCUT2D eigenvalue weighted by Crippen LogP contribution is 2.31. The molecule has 0 radical (unpaired) electrons. The zero-order valence-corrected chi connectivity index (χ0v) is 11.1. The van der Waals surface area contributed by atoms with Crippen molar-refractivity contribution in [3.05, 3.63) is 59.7 Å².